The summed E-state index contributed by atoms with van der Waals surface area (Å²) in [6.45, 7) is 0. The van der Waals surface area contributed by atoms with E-state index in [0.717, 1.165) is 19.3 Å². The molecule has 1 N–H and O–H groups in total. The largest absolute Gasteiger partial charge is 0.447 e. The van der Waals surface area contributed by atoms with E-state index < -0.39 is 28.6 Å². The van der Waals surface area contributed by atoms with E-state index >= 15 is 0 Å². The van der Waals surface area contributed by atoms with Gasteiger partial charge >= 0.3 is 0 Å². The first-order valence-electron chi connectivity index (χ1n) is 8.70. The lowest BCUT2D eigenvalue weighted by Gasteiger charge is -2.49. The van der Waals surface area contributed by atoms with Crippen molar-refractivity contribution in [3.8, 4) is 18.2 Å². The van der Waals surface area contributed by atoms with Crippen LogP contribution in [0, 0.1) is 56.2 Å². The van der Waals surface area contributed by atoms with E-state index in [0.29, 0.717) is 18.4 Å². The van der Waals surface area contributed by atoms with Crippen LogP contribution in [0.5, 0.6) is 0 Å². The molecule has 7 nitrogen and oxygen atoms in total. The Bertz CT molecular complexity index is 866. The van der Waals surface area contributed by atoms with Gasteiger partial charge in [0.25, 0.3) is 0 Å². The fourth-order valence-electron chi connectivity index (χ4n) is 4.88. The normalized spacial score (nSPS) is 37.2. The summed E-state index contributed by atoms with van der Waals surface area (Å²) in [5, 5.41) is 38.8. The van der Waals surface area contributed by atoms with Crippen LogP contribution in [-0.2, 0) is 9.47 Å². The number of nitriles is 3. The van der Waals surface area contributed by atoms with Crippen LogP contribution in [0.1, 0.15) is 43.8 Å². The lowest BCUT2D eigenvalue weighted by molar-refractivity contribution is -0.284. The minimum Gasteiger partial charge on any atom is -0.447 e. The number of pyridine rings is 1. The Balaban J connectivity index is 2.01. The van der Waals surface area contributed by atoms with E-state index in [-0.39, 0.29) is 5.90 Å². The number of rotatable bonds is 1. The molecule has 130 valence electrons. The molecular formula is C19H17N5O2. The summed E-state index contributed by atoms with van der Waals surface area (Å²) < 4.78 is 12.2. The molecule has 1 aromatic heterocycles. The van der Waals surface area contributed by atoms with Crippen molar-refractivity contribution in [3.63, 3.8) is 0 Å². The smallest absolute Gasteiger partial charge is 0.217 e. The number of aromatic nitrogens is 1. The zero-order chi connectivity index (χ0) is 18.4. The number of ether oxygens (including phenoxy) is 2. The first-order chi connectivity index (χ1) is 12.6. The fraction of sp³-hybridized carbons (Fsp3) is 0.526. The second-order valence-corrected chi connectivity index (χ2v) is 7.12. The molecule has 0 radical (unpaired) electrons. The summed E-state index contributed by atoms with van der Waals surface area (Å²) >= 11 is 0. The lowest BCUT2D eigenvalue weighted by Crippen LogP contribution is -2.59. The van der Waals surface area contributed by atoms with Crippen molar-refractivity contribution in [2.24, 2.45) is 16.7 Å². The van der Waals surface area contributed by atoms with E-state index in [2.05, 4.69) is 23.2 Å². The second kappa shape index (κ2) is 5.53. The summed E-state index contributed by atoms with van der Waals surface area (Å²) in [6.07, 6.45) is 5.92. The number of nitrogens with zero attached hydrogens (tertiary/aromatic N) is 4. The Hall–Kier alpha value is -2.95. The van der Waals surface area contributed by atoms with Gasteiger partial charge in [-0.1, -0.05) is 12.8 Å². The fourth-order valence-corrected chi connectivity index (χ4v) is 4.88. The van der Waals surface area contributed by atoms with Crippen LogP contribution >= 0.6 is 0 Å². The highest BCUT2D eigenvalue weighted by Gasteiger charge is 2.80. The maximum atomic E-state index is 10.2. The second-order valence-electron chi connectivity index (χ2n) is 7.12. The molecule has 2 bridgehead atoms. The molecule has 0 aromatic carbocycles. The molecule has 26 heavy (non-hydrogen) atoms. The average molecular weight is 347 g/mol. The molecule has 1 aliphatic carbocycles. The van der Waals surface area contributed by atoms with Crippen LogP contribution in [0.25, 0.3) is 0 Å². The standard InChI is InChI=1S/C19H17N5O2/c20-10-17(11-21)15(13-5-8-24-9-6-13)25-19-7-3-1-2-4-14(19)18(17,12-22)16(23)26-19/h5-6,8-9,14-15,23H,1-4,7H2/t14-,15+,18-,19+/m0/s1. The molecule has 4 atom stereocenters. The zero-order valence-electron chi connectivity index (χ0n) is 14.1. The molecular weight excluding hydrogens is 330 g/mol. The molecule has 0 unspecified atom stereocenters. The molecule has 1 aromatic rings. The SMILES string of the molecule is N#CC1(C#N)[C@@H](c2ccncc2)O[C@@]23CCCCC[C@H]2[C@@]1(C#N)C(=N)O3. The highest BCUT2D eigenvalue weighted by atomic mass is 16.7. The molecule has 3 heterocycles. The third-order valence-electron chi connectivity index (χ3n) is 6.08. The molecule has 2 saturated heterocycles. The van der Waals surface area contributed by atoms with Crippen LogP contribution in [-0.4, -0.2) is 16.7 Å². The van der Waals surface area contributed by atoms with E-state index in [4.69, 9.17) is 14.9 Å². The van der Waals surface area contributed by atoms with Crippen LogP contribution in [0.4, 0.5) is 0 Å². The van der Waals surface area contributed by atoms with Gasteiger partial charge in [-0.15, -0.1) is 0 Å². The summed E-state index contributed by atoms with van der Waals surface area (Å²) in [4.78, 5) is 3.98. The summed E-state index contributed by atoms with van der Waals surface area (Å²) in [6, 6.07) is 9.67. The quantitative estimate of drug-likeness (QED) is 0.832. The molecule has 7 heteroatoms. The van der Waals surface area contributed by atoms with Crippen LogP contribution in [0.3, 0.4) is 0 Å². The maximum absolute atomic E-state index is 10.2. The zero-order valence-corrected chi connectivity index (χ0v) is 14.1. The van der Waals surface area contributed by atoms with Crippen molar-refractivity contribution in [1.82, 2.24) is 4.98 Å². The van der Waals surface area contributed by atoms with Gasteiger partial charge in [0.1, 0.15) is 6.10 Å². The van der Waals surface area contributed by atoms with Gasteiger partial charge in [-0.3, -0.25) is 10.4 Å². The highest BCUT2D eigenvalue weighted by Crippen LogP contribution is 2.68. The number of hydrogen-bond donors (Lipinski definition) is 1. The predicted octanol–water partition coefficient (Wildman–Crippen LogP) is 2.98. The van der Waals surface area contributed by atoms with E-state index in [1.54, 1.807) is 24.5 Å². The van der Waals surface area contributed by atoms with Crippen LogP contribution in [0.2, 0.25) is 0 Å². The lowest BCUT2D eigenvalue weighted by atomic mass is 9.52. The maximum Gasteiger partial charge on any atom is 0.217 e. The minimum atomic E-state index is -1.87. The Kier molecular flexibility index (Phi) is 3.51. The highest BCUT2D eigenvalue weighted by molar-refractivity contribution is 5.89. The monoisotopic (exact) mass is 347 g/mol. The van der Waals surface area contributed by atoms with Gasteiger partial charge in [0, 0.05) is 18.8 Å². The van der Waals surface area contributed by atoms with Crippen molar-refractivity contribution in [1.29, 1.82) is 21.2 Å². The van der Waals surface area contributed by atoms with Gasteiger partial charge in [-0.25, -0.2) is 0 Å². The molecule has 3 fully saturated rings. The summed E-state index contributed by atoms with van der Waals surface area (Å²) in [5.74, 6) is -1.95. The van der Waals surface area contributed by atoms with Crippen molar-refractivity contribution >= 4 is 5.90 Å². The summed E-state index contributed by atoms with van der Waals surface area (Å²) in [5.41, 5.74) is -2.93. The first-order valence-corrected chi connectivity index (χ1v) is 8.70. The molecule has 1 saturated carbocycles. The van der Waals surface area contributed by atoms with Crippen molar-refractivity contribution in [2.75, 3.05) is 0 Å². The van der Waals surface area contributed by atoms with Gasteiger partial charge in [-0.2, -0.15) is 15.8 Å². The van der Waals surface area contributed by atoms with Gasteiger partial charge in [0.15, 0.2) is 5.41 Å². The van der Waals surface area contributed by atoms with E-state index in [1.165, 1.54) is 0 Å². The Labute approximate surface area is 151 Å². The topological polar surface area (TPSA) is 127 Å². The number of nitrogens with one attached hydrogen (secondary N) is 1. The third-order valence-corrected chi connectivity index (χ3v) is 6.08. The molecule has 3 aliphatic rings. The van der Waals surface area contributed by atoms with Gasteiger partial charge < -0.3 is 9.47 Å². The van der Waals surface area contributed by atoms with Gasteiger partial charge in [-0.05, 0) is 30.5 Å². The average Bonchev–Trinajstić information content (AvgIpc) is 2.81. The van der Waals surface area contributed by atoms with Crippen LogP contribution in [0.15, 0.2) is 24.5 Å². The number of hydrogen-bond acceptors (Lipinski definition) is 7. The summed E-state index contributed by atoms with van der Waals surface area (Å²) in [7, 11) is 0. The Morgan fingerprint density at radius 1 is 1.08 bits per heavy atom. The van der Waals surface area contributed by atoms with Crippen molar-refractivity contribution in [3.05, 3.63) is 30.1 Å². The first kappa shape index (κ1) is 16.5. The molecule has 2 aliphatic heterocycles. The van der Waals surface area contributed by atoms with Crippen LogP contribution < -0.4 is 0 Å². The van der Waals surface area contributed by atoms with Crippen molar-refractivity contribution < 1.29 is 9.47 Å². The molecule has 0 amide bonds. The Morgan fingerprint density at radius 2 is 1.81 bits per heavy atom. The molecule has 0 spiro atoms. The van der Waals surface area contributed by atoms with E-state index in [1.807, 2.05) is 0 Å². The predicted molar refractivity (Wildman–Crippen MR) is 87.9 cm³/mol. The van der Waals surface area contributed by atoms with Gasteiger partial charge in [0.2, 0.25) is 17.1 Å². The van der Waals surface area contributed by atoms with Gasteiger partial charge in [0.05, 0.1) is 24.1 Å². The van der Waals surface area contributed by atoms with E-state index in [9.17, 15) is 15.8 Å². The Morgan fingerprint density at radius 3 is 2.46 bits per heavy atom. The minimum absolute atomic E-state index is 0.313. The van der Waals surface area contributed by atoms with Crippen molar-refractivity contribution in [2.45, 2.75) is 44.0 Å². The third kappa shape index (κ3) is 1.72. The molecule has 4 rings (SSSR count).